The summed E-state index contributed by atoms with van der Waals surface area (Å²) in [5, 5.41) is 0. The number of nitrogens with one attached hydrogen (secondary N) is 1. The standard InChI is InChI=1S/C28H28N4O2/c1-17-25-14-20-5-4-18(19-8-10-31(3)26(33)15-19)12-22(20)28(17,2)9-11-32(25)27(34)21-6-7-23-24(13-21)30-16-29-23/h4-8,10,12-13,15-17,25H,9,11,14H2,1-3H3,(H,29,30)/t17?,25?,28-/m1/s1. The van der Waals surface area contributed by atoms with Crippen molar-refractivity contribution in [2.75, 3.05) is 6.54 Å². The normalized spacial score (nSPS) is 23.7. The van der Waals surface area contributed by atoms with E-state index in [4.69, 9.17) is 0 Å². The van der Waals surface area contributed by atoms with Crippen LogP contribution in [-0.4, -0.2) is 37.9 Å². The highest BCUT2D eigenvalue weighted by atomic mass is 16.2. The van der Waals surface area contributed by atoms with Crippen molar-refractivity contribution in [3.63, 3.8) is 0 Å². The number of imidazole rings is 1. The van der Waals surface area contributed by atoms with Gasteiger partial charge in [-0.25, -0.2) is 4.98 Å². The average Bonchev–Trinajstić information content (AvgIpc) is 3.31. The third-order valence-corrected chi connectivity index (χ3v) is 8.37. The number of fused-ring (bicyclic) bond motifs is 5. The number of hydrogen-bond acceptors (Lipinski definition) is 3. The van der Waals surface area contributed by atoms with Gasteiger partial charge in [-0.1, -0.05) is 32.0 Å². The number of pyridine rings is 1. The van der Waals surface area contributed by atoms with E-state index < -0.39 is 0 Å². The van der Waals surface area contributed by atoms with Gasteiger partial charge in [-0.3, -0.25) is 9.59 Å². The van der Waals surface area contributed by atoms with Gasteiger partial charge in [-0.15, -0.1) is 0 Å². The first-order chi connectivity index (χ1) is 16.3. The molecule has 2 bridgehead atoms. The predicted molar refractivity (Wildman–Crippen MR) is 133 cm³/mol. The van der Waals surface area contributed by atoms with E-state index >= 15 is 0 Å². The van der Waals surface area contributed by atoms with E-state index in [0.29, 0.717) is 11.5 Å². The summed E-state index contributed by atoms with van der Waals surface area (Å²) in [6.07, 6.45) is 5.24. The minimum atomic E-state index is -0.0158. The summed E-state index contributed by atoms with van der Waals surface area (Å²) in [5.41, 5.74) is 7.14. The first-order valence-electron chi connectivity index (χ1n) is 11.9. The van der Waals surface area contributed by atoms with Crippen LogP contribution in [0.4, 0.5) is 0 Å². The zero-order valence-corrected chi connectivity index (χ0v) is 19.7. The molecule has 1 aliphatic heterocycles. The van der Waals surface area contributed by atoms with Gasteiger partial charge in [0, 0.05) is 37.5 Å². The molecule has 1 amide bonds. The van der Waals surface area contributed by atoms with Crippen molar-refractivity contribution in [3.8, 4) is 11.1 Å². The molecular weight excluding hydrogens is 424 g/mol. The number of H-pyrrole nitrogens is 1. The summed E-state index contributed by atoms with van der Waals surface area (Å²) >= 11 is 0. The van der Waals surface area contributed by atoms with Crippen molar-refractivity contribution < 1.29 is 4.79 Å². The molecule has 4 aromatic rings. The molecule has 2 aromatic carbocycles. The monoisotopic (exact) mass is 452 g/mol. The highest BCUT2D eigenvalue weighted by Crippen LogP contribution is 2.49. The quantitative estimate of drug-likeness (QED) is 0.493. The number of piperidine rings is 1. The Morgan fingerprint density at radius 3 is 2.76 bits per heavy atom. The first-order valence-corrected chi connectivity index (χ1v) is 11.9. The van der Waals surface area contributed by atoms with Gasteiger partial charge in [0.05, 0.1) is 17.4 Å². The summed E-state index contributed by atoms with van der Waals surface area (Å²) in [6.45, 7) is 5.37. The molecule has 34 heavy (non-hydrogen) atoms. The molecule has 1 fully saturated rings. The smallest absolute Gasteiger partial charge is 0.254 e. The Labute approximate surface area is 198 Å². The molecule has 172 valence electrons. The maximum atomic E-state index is 13.6. The zero-order chi connectivity index (χ0) is 23.6. The first kappa shape index (κ1) is 20.9. The summed E-state index contributed by atoms with van der Waals surface area (Å²) in [5.74, 6) is 0.420. The van der Waals surface area contributed by atoms with Crippen molar-refractivity contribution >= 4 is 16.9 Å². The second-order valence-electron chi connectivity index (χ2n) is 10.1. The third kappa shape index (κ3) is 3.05. The highest BCUT2D eigenvalue weighted by molar-refractivity contribution is 5.97. The van der Waals surface area contributed by atoms with Crippen molar-refractivity contribution in [3.05, 3.63) is 88.1 Å². The van der Waals surface area contributed by atoms with Crippen LogP contribution in [0.1, 0.15) is 41.8 Å². The lowest BCUT2D eigenvalue weighted by atomic mass is 9.58. The zero-order valence-electron chi connectivity index (χ0n) is 19.7. The van der Waals surface area contributed by atoms with Crippen LogP contribution >= 0.6 is 0 Å². The minimum Gasteiger partial charge on any atom is -0.345 e. The molecule has 6 nitrogen and oxygen atoms in total. The van der Waals surface area contributed by atoms with E-state index in [9.17, 15) is 9.59 Å². The van der Waals surface area contributed by atoms with Gasteiger partial charge in [-0.2, -0.15) is 0 Å². The molecule has 0 radical (unpaired) electrons. The van der Waals surface area contributed by atoms with Crippen molar-refractivity contribution in [2.45, 2.75) is 38.1 Å². The Kier molecular flexibility index (Phi) is 4.56. The van der Waals surface area contributed by atoms with Crippen LogP contribution in [0.3, 0.4) is 0 Å². The van der Waals surface area contributed by atoms with Crippen LogP contribution < -0.4 is 5.56 Å². The molecular formula is C28H28N4O2. The third-order valence-electron chi connectivity index (χ3n) is 8.37. The van der Waals surface area contributed by atoms with E-state index in [2.05, 4.69) is 46.9 Å². The summed E-state index contributed by atoms with van der Waals surface area (Å²) in [4.78, 5) is 35.2. The van der Waals surface area contributed by atoms with Crippen molar-refractivity contribution in [1.29, 1.82) is 0 Å². The molecule has 2 aromatic heterocycles. The number of aromatic nitrogens is 3. The number of carbonyl (C=O) groups excluding carboxylic acids is 1. The molecule has 3 atom stereocenters. The van der Waals surface area contributed by atoms with Crippen LogP contribution in [0.15, 0.2) is 65.8 Å². The van der Waals surface area contributed by atoms with Gasteiger partial charge >= 0.3 is 0 Å². The van der Waals surface area contributed by atoms with E-state index in [1.54, 1.807) is 24.0 Å². The number of aryl methyl sites for hydroxylation is 1. The van der Waals surface area contributed by atoms with Crippen LogP contribution in [0.25, 0.3) is 22.2 Å². The molecule has 6 rings (SSSR count). The SMILES string of the molecule is CC1C2Cc3ccc(-c4ccn(C)c(=O)c4)cc3[C@]1(C)CCN2C(=O)c1ccc2nc[nH]c2c1. The molecule has 1 N–H and O–H groups in total. The second-order valence-corrected chi connectivity index (χ2v) is 10.1. The van der Waals surface area contributed by atoms with Gasteiger partial charge in [-0.05, 0) is 70.7 Å². The summed E-state index contributed by atoms with van der Waals surface area (Å²) in [6, 6.07) is 16.2. The maximum absolute atomic E-state index is 13.6. The summed E-state index contributed by atoms with van der Waals surface area (Å²) < 4.78 is 1.59. The topological polar surface area (TPSA) is 71.0 Å². The molecule has 3 heterocycles. The van der Waals surface area contributed by atoms with Crippen LogP contribution in [-0.2, 0) is 18.9 Å². The second kappa shape index (κ2) is 7.42. The Hall–Kier alpha value is -3.67. The minimum absolute atomic E-state index is 0.00463. The summed E-state index contributed by atoms with van der Waals surface area (Å²) in [7, 11) is 1.77. The molecule has 6 heteroatoms. The predicted octanol–water partition coefficient (Wildman–Crippen LogP) is 4.29. The molecule has 0 saturated carbocycles. The van der Waals surface area contributed by atoms with Gasteiger partial charge in [0.2, 0.25) is 0 Å². The number of benzene rings is 2. The van der Waals surface area contributed by atoms with E-state index in [1.165, 1.54) is 11.1 Å². The van der Waals surface area contributed by atoms with Gasteiger partial charge in [0.15, 0.2) is 0 Å². The average molecular weight is 453 g/mol. The van der Waals surface area contributed by atoms with E-state index in [0.717, 1.165) is 41.5 Å². The lowest BCUT2D eigenvalue weighted by molar-refractivity contribution is 0.0251. The molecule has 1 saturated heterocycles. The fourth-order valence-electron chi connectivity index (χ4n) is 6.01. The fraction of sp³-hybridized carbons (Fsp3) is 0.321. The largest absolute Gasteiger partial charge is 0.345 e. The van der Waals surface area contributed by atoms with Gasteiger partial charge in [0.1, 0.15) is 0 Å². The Morgan fingerprint density at radius 1 is 1.12 bits per heavy atom. The Bertz CT molecular complexity index is 1500. The molecule has 1 aliphatic carbocycles. The number of aromatic amines is 1. The molecule has 2 aliphatic rings. The fourth-order valence-corrected chi connectivity index (χ4v) is 6.01. The number of amides is 1. The number of hydrogen-bond donors (Lipinski definition) is 1. The highest BCUT2D eigenvalue weighted by Gasteiger charge is 2.49. The lowest BCUT2D eigenvalue weighted by Crippen LogP contribution is -2.59. The van der Waals surface area contributed by atoms with Crippen LogP contribution in [0.5, 0.6) is 0 Å². The van der Waals surface area contributed by atoms with Crippen molar-refractivity contribution in [1.82, 2.24) is 19.4 Å². The number of carbonyl (C=O) groups is 1. The van der Waals surface area contributed by atoms with Crippen molar-refractivity contribution in [2.24, 2.45) is 13.0 Å². The maximum Gasteiger partial charge on any atom is 0.254 e. The van der Waals surface area contributed by atoms with E-state index in [1.807, 2.05) is 30.5 Å². The number of likely N-dealkylation sites (tertiary alicyclic amines) is 1. The number of rotatable bonds is 2. The van der Waals surface area contributed by atoms with Gasteiger partial charge in [0.25, 0.3) is 11.5 Å². The molecule has 2 unspecified atom stereocenters. The van der Waals surface area contributed by atoms with E-state index in [-0.39, 0.29) is 22.9 Å². The Morgan fingerprint density at radius 2 is 1.94 bits per heavy atom. The Balaban J connectivity index is 1.35. The number of nitrogens with zero attached hydrogens (tertiary/aromatic N) is 3. The van der Waals surface area contributed by atoms with Crippen LogP contribution in [0.2, 0.25) is 0 Å². The lowest BCUT2D eigenvalue weighted by Gasteiger charge is -2.54. The van der Waals surface area contributed by atoms with Crippen LogP contribution in [0, 0.1) is 5.92 Å². The van der Waals surface area contributed by atoms with Gasteiger partial charge < -0.3 is 14.5 Å². The molecule has 0 spiro atoms.